The second-order valence-electron chi connectivity index (χ2n) is 2.87. The molecule has 0 fully saturated rings. The third-order valence-corrected chi connectivity index (χ3v) is 1.40. The smallest absolute Gasteiger partial charge is 0.0588 e. The van der Waals surface area contributed by atoms with Gasteiger partial charge in [0.15, 0.2) is 0 Å². The lowest BCUT2D eigenvalue weighted by Crippen LogP contribution is -2.38. The van der Waals surface area contributed by atoms with Crippen molar-refractivity contribution < 1.29 is 4.48 Å². The highest BCUT2D eigenvalue weighted by molar-refractivity contribution is 4.34. The van der Waals surface area contributed by atoms with E-state index in [1.165, 1.54) is 0 Å². The molecule has 0 aromatic heterocycles. The van der Waals surface area contributed by atoms with Crippen molar-refractivity contribution in [1.29, 1.82) is 0 Å². The molecule has 0 aliphatic rings. The lowest BCUT2D eigenvalue weighted by molar-refractivity contribution is -0.867. The van der Waals surface area contributed by atoms with Crippen molar-refractivity contribution >= 4 is 0 Å². The molecule has 1 nitrogen and oxygen atoms in total. The first kappa shape index (κ1) is 6.96. The van der Waals surface area contributed by atoms with Crippen LogP contribution in [0.2, 0.25) is 0 Å². The van der Waals surface area contributed by atoms with Crippen molar-refractivity contribution in [2.24, 2.45) is 0 Å². The van der Waals surface area contributed by atoms with Gasteiger partial charge >= 0.3 is 0 Å². The summed E-state index contributed by atoms with van der Waals surface area (Å²) < 4.78 is 0.806. The number of rotatable bonds is 1. The highest BCUT2D eigenvalue weighted by Crippen LogP contribution is 2.00. The Hall–Kier alpha value is -0.0400. The maximum Gasteiger partial charge on any atom is 0.0588 e. The normalized spacial score (nSPS) is 12.9. The third kappa shape index (κ3) is 2.63. The first-order valence-electron chi connectivity index (χ1n) is 2.62. The van der Waals surface area contributed by atoms with Gasteiger partial charge in [-0.25, -0.2) is 0 Å². The standard InChI is InChI=1S/C6H15N/c1-6(2)7(3,4)5/h6H,3H2,1-2,4-5H3. The van der Waals surface area contributed by atoms with E-state index in [2.05, 4.69) is 35.0 Å². The largest absolute Gasteiger partial charge is 0.460 e. The van der Waals surface area contributed by atoms with Gasteiger partial charge in [0.05, 0.1) is 6.04 Å². The maximum absolute atomic E-state index is 3.91. The van der Waals surface area contributed by atoms with Gasteiger partial charge < -0.3 is 4.48 Å². The van der Waals surface area contributed by atoms with Crippen molar-refractivity contribution in [3.05, 3.63) is 7.05 Å². The fourth-order valence-electron chi connectivity index (χ4n) is 0. The molecule has 0 bridgehead atoms. The van der Waals surface area contributed by atoms with Crippen molar-refractivity contribution in [3.8, 4) is 0 Å². The van der Waals surface area contributed by atoms with E-state index in [1.54, 1.807) is 0 Å². The van der Waals surface area contributed by atoms with Gasteiger partial charge in [-0.15, -0.1) is 7.05 Å². The van der Waals surface area contributed by atoms with E-state index >= 15 is 0 Å². The van der Waals surface area contributed by atoms with Crippen molar-refractivity contribution in [2.75, 3.05) is 14.1 Å². The predicted octanol–water partition coefficient (Wildman–Crippen LogP) is 1.26. The summed E-state index contributed by atoms with van der Waals surface area (Å²) >= 11 is 0. The van der Waals surface area contributed by atoms with Gasteiger partial charge in [0.2, 0.25) is 0 Å². The Morgan fingerprint density at radius 2 is 1.43 bits per heavy atom. The number of nitrogens with zero attached hydrogens (tertiary/aromatic N) is 1. The van der Waals surface area contributed by atoms with Crippen molar-refractivity contribution in [3.63, 3.8) is 0 Å². The van der Waals surface area contributed by atoms with Gasteiger partial charge in [0, 0.05) is 14.1 Å². The molecular weight excluding hydrogens is 86.1 g/mol. The molecule has 1 heteroatoms. The molecule has 0 heterocycles. The molecule has 0 amide bonds. The highest BCUT2D eigenvalue weighted by atomic mass is 15.3. The first-order chi connectivity index (χ1) is 2.94. The van der Waals surface area contributed by atoms with Gasteiger partial charge in [0.25, 0.3) is 0 Å². The van der Waals surface area contributed by atoms with Gasteiger partial charge in [-0.05, 0) is 13.8 Å². The second-order valence-corrected chi connectivity index (χ2v) is 2.87. The Balaban J connectivity index is 3.54. The average Bonchev–Trinajstić information content (AvgIpc) is 1.31. The first-order valence-corrected chi connectivity index (χ1v) is 2.62. The summed E-state index contributed by atoms with van der Waals surface area (Å²) in [5.74, 6) is 0. The lowest BCUT2D eigenvalue weighted by atomic mass is 10.3. The molecule has 0 saturated carbocycles. The molecule has 0 aromatic carbocycles. The van der Waals surface area contributed by atoms with Crippen LogP contribution in [0, 0.1) is 7.05 Å². The van der Waals surface area contributed by atoms with E-state index in [9.17, 15) is 0 Å². The SMILES string of the molecule is [CH2-][N+](C)(C)C(C)C. The van der Waals surface area contributed by atoms with E-state index in [1.807, 2.05) is 0 Å². The number of hydrogen-bond acceptors (Lipinski definition) is 0. The summed E-state index contributed by atoms with van der Waals surface area (Å²) in [4.78, 5) is 0. The zero-order valence-corrected chi connectivity index (χ0v) is 5.73. The Bertz CT molecular complexity index is 49.7. The molecule has 0 atom stereocenters. The molecule has 0 rings (SSSR count). The molecule has 0 aliphatic heterocycles. The molecule has 0 N–H and O–H groups in total. The Morgan fingerprint density at radius 3 is 1.43 bits per heavy atom. The van der Waals surface area contributed by atoms with E-state index in [0.29, 0.717) is 6.04 Å². The van der Waals surface area contributed by atoms with Crippen LogP contribution in [-0.2, 0) is 0 Å². The van der Waals surface area contributed by atoms with Gasteiger partial charge in [-0.2, -0.15) is 0 Å². The van der Waals surface area contributed by atoms with Crippen molar-refractivity contribution in [1.82, 2.24) is 0 Å². The quantitative estimate of drug-likeness (QED) is 0.344. The molecule has 0 saturated heterocycles. The fraction of sp³-hybridized carbons (Fsp3) is 0.833. The minimum atomic E-state index is 0.625. The fourth-order valence-corrected chi connectivity index (χ4v) is 0. The van der Waals surface area contributed by atoms with Crippen LogP contribution in [0.3, 0.4) is 0 Å². The summed E-state index contributed by atoms with van der Waals surface area (Å²) in [7, 11) is 8.08. The Labute approximate surface area is 46.5 Å². The molecule has 0 unspecified atom stereocenters. The van der Waals surface area contributed by atoms with Crippen LogP contribution in [0.4, 0.5) is 0 Å². The van der Waals surface area contributed by atoms with E-state index in [4.69, 9.17) is 0 Å². The molecule has 0 aliphatic carbocycles. The molecule has 0 aromatic rings. The van der Waals surface area contributed by atoms with E-state index < -0.39 is 0 Å². The van der Waals surface area contributed by atoms with Crippen LogP contribution in [0.5, 0.6) is 0 Å². The molecule has 0 spiro atoms. The summed E-state index contributed by atoms with van der Waals surface area (Å²) in [6.07, 6.45) is 0. The Kier molecular flexibility index (Phi) is 1.82. The number of quaternary nitrogens is 1. The minimum Gasteiger partial charge on any atom is -0.460 e. The average molecular weight is 101 g/mol. The minimum absolute atomic E-state index is 0.625. The van der Waals surface area contributed by atoms with Crippen LogP contribution in [-0.4, -0.2) is 24.6 Å². The second kappa shape index (κ2) is 1.83. The van der Waals surface area contributed by atoms with Crippen LogP contribution in [0.25, 0.3) is 0 Å². The Morgan fingerprint density at radius 1 is 1.29 bits per heavy atom. The summed E-state index contributed by atoms with van der Waals surface area (Å²) in [6.45, 7) is 4.32. The summed E-state index contributed by atoms with van der Waals surface area (Å²) in [5, 5.41) is 0. The van der Waals surface area contributed by atoms with Crippen molar-refractivity contribution in [2.45, 2.75) is 19.9 Å². The predicted molar refractivity (Wildman–Crippen MR) is 32.6 cm³/mol. The van der Waals surface area contributed by atoms with E-state index in [0.717, 1.165) is 4.48 Å². The zero-order chi connectivity index (χ0) is 6.08. The van der Waals surface area contributed by atoms with Gasteiger partial charge in [-0.1, -0.05) is 0 Å². The highest BCUT2D eigenvalue weighted by Gasteiger charge is 2.03. The summed E-state index contributed by atoms with van der Waals surface area (Å²) in [6, 6.07) is 0.625. The lowest BCUT2D eigenvalue weighted by Gasteiger charge is -2.37. The van der Waals surface area contributed by atoms with Crippen LogP contribution < -0.4 is 0 Å². The zero-order valence-electron chi connectivity index (χ0n) is 5.73. The molecule has 0 radical (unpaired) electrons. The monoisotopic (exact) mass is 101 g/mol. The maximum atomic E-state index is 3.91. The molecular formula is C6H15N. The summed E-state index contributed by atoms with van der Waals surface area (Å²) in [5.41, 5.74) is 0. The third-order valence-electron chi connectivity index (χ3n) is 1.40. The van der Waals surface area contributed by atoms with Gasteiger partial charge in [0.1, 0.15) is 0 Å². The van der Waals surface area contributed by atoms with Gasteiger partial charge in [-0.3, -0.25) is 0 Å². The molecule has 7 heavy (non-hydrogen) atoms. The number of hydrogen-bond donors (Lipinski definition) is 0. The van der Waals surface area contributed by atoms with E-state index in [-0.39, 0.29) is 0 Å². The van der Waals surface area contributed by atoms with Crippen LogP contribution in [0.1, 0.15) is 13.8 Å². The van der Waals surface area contributed by atoms with Crippen LogP contribution >= 0.6 is 0 Å². The topological polar surface area (TPSA) is 0 Å². The molecule has 44 valence electrons. The van der Waals surface area contributed by atoms with Crippen LogP contribution in [0.15, 0.2) is 0 Å².